The van der Waals surface area contributed by atoms with Crippen LogP contribution in [-0.2, 0) is 11.3 Å². The molecular formula is C39H41ClN4O2S. The lowest BCUT2D eigenvalue weighted by molar-refractivity contribution is -0.114. The van der Waals surface area contributed by atoms with Crippen molar-refractivity contribution in [1.82, 2.24) is 10.2 Å². The molecule has 6 rings (SSSR count). The number of anilines is 2. The van der Waals surface area contributed by atoms with Gasteiger partial charge in [-0.25, -0.2) is 0 Å². The van der Waals surface area contributed by atoms with Gasteiger partial charge in [0.1, 0.15) is 0 Å². The number of halogens is 1. The van der Waals surface area contributed by atoms with Gasteiger partial charge in [-0.3, -0.25) is 14.5 Å². The second-order valence-electron chi connectivity index (χ2n) is 12.4. The van der Waals surface area contributed by atoms with E-state index < -0.39 is 0 Å². The Morgan fingerprint density at radius 3 is 2.40 bits per heavy atom. The van der Waals surface area contributed by atoms with Gasteiger partial charge >= 0.3 is 0 Å². The summed E-state index contributed by atoms with van der Waals surface area (Å²) in [6.45, 7) is 12.3. The standard InChI is InChI=1S/C39H41ClN4O2S/c1-27-9-10-28(2)32(23-27)26-44-34-7-4-5-8-36(34)47-37(39(44)46)24-30-12-14-31(15-13-30)38(45)41-17-6-18-42-19-21-43(22-20-42)35-25-33(40)16-11-29(35)3/h4-5,7-16,23-25H,6,17-22,26H2,1-3H3,(H,41,45). The molecule has 1 saturated heterocycles. The molecule has 0 spiro atoms. The highest BCUT2D eigenvalue weighted by molar-refractivity contribution is 8.04. The quantitative estimate of drug-likeness (QED) is 0.146. The molecule has 2 heterocycles. The van der Waals surface area contributed by atoms with Gasteiger partial charge in [0.05, 0.1) is 17.1 Å². The first-order valence-electron chi connectivity index (χ1n) is 16.2. The van der Waals surface area contributed by atoms with E-state index in [1.54, 1.807) is 0 Å². The minimum Gasteiger partial charge on any atom is -0.369 e. The molecule has 0 aromatic heterocycles. The van der Waals surface area contributed by atoms with Crippen molar-refractivity contribution in [3.05, 3.63) is 128 Å². The van der Waals surface area contributed by atoms with Gasteiger partial charge in [-0.2, -0.15) is 0 Å². The van der Waals surface area contributed by atoms with Crippen LogP contribution < -0.4 is 15.1 Å². The Bertz CT molecular complexity index is 1800. The molecule has 2 amide bonds. The minimum atomic E-state index is -0.0813. The lowest BCUT2D eigenvalue weighted by Gasteiger charge is -2.37. The summed E-state index contributed by atoms with van der Waals surface area (Å²) in [5.74, 6) is -0.0976. The summed E-state index contributed by atoms with van der Waals surface area (Å²) >= 11 is 7.73. The van der Waals surface area contributed by atoms with E-state index in [2.05, 4.69) is 72.3 Å². The second kappa shape index (κ2) is 14.8. The first-order chi connectivity index (χ1) is 22.7. The zero-order valence-electron chi connectivity index (χ0n) is 27.3. The Morgan fingerprint density at radius 1 is 0.872 bits per heavy atom. The maximum Gasteiger partial charge on any atom is 0.265 e. The second-order valence-corrected chi connectivity index (χ2v) is 13.9. The van der Waals surface area contributed by atoms with Gasteiger partial charge in [-0.1, -0.05) is 77.5 Å². The SMILES string of the molecule is Cc1ccc(C)c(CN2C(=O)C(=Cc3ccc(C(=O)NCCCN4CCN(c5cc(Cl)ccc5C)CC4)cc3)Sc3ccccc32)c1. The number of para-hydroxylation sites is 1. The van der Waals surface area contributed by atoms with Crippen LogP contribution in [0.5, 0.6) is 0 Å². The van der Waals surface area contributed by atoms with Crippen molar-refractivity contribution in [2.45, 2.75) is 38.6 Å². The Labute approximate surface area is 287 Å². The molecule has 4 aromatic carbocycles. The Morgan fingerprint density at radius 2 is 1.62 bits per heavy atom. The topological polar surface area (TPSA) is 55.9 Å². The largest absolute Gasteiger partial charge is 0.369 e. The van der Waals surface area contributed by atoms with Crippen LogP contribution >= 0.6 is 23.4 Å². The Hall–Kier alpha value is -4.04. The van der Waals surface area contributed by atoms with E-state index >= 15 is 0 Å². The molecule has 0 saturated carbocycles. The Balaban J connectivity index is 1.02. The van der Waals surface area contributed by atoms with Crippen molar-refractivity contribution >= 4 is 52.6 Å². The van der Waals surface area contributed by atoms with Crippen molar-refractivity contribution in [3.63, 3.8) is 0 Å². The predicted octanol–water partition coefficient (Wildman–Crippen LogP) is 7.89. The fourth-order valence-corrected chi connectivity index (χ4v) is 7.41. The molecule has 0 aliphatic carbocycles. The van der Waals surface area contributed by atoms with Crippen molar-refractivity contribution in [2.75, 3.05) is 49.1 Å². The van der Waals surface area contributed by atoms with Crippen LogP contribution in [0, 0.1) is 20.8 Å². The van der Waals surface area contributed by atoms with Crippen molar-refractivity contribution in [2.24, 2.45) is 0 Å². The molecule has 2 aliphatic heterocycles. The maximum atomic E-state index is 13.8. The number of nitrogens with zero attached hydrogens (tertiary/aromatic N) is 3. The fourth-order valence-electron chi connectivity index (χ4n) is 6.18. The molecule has 2 aliphatic rings. The van der Waals surface area contributed by atoms with Gasteiger partial charge < -0.3 is 15.1 Å². The van der Waals surface area contributed by atoms with Crippen LogP contribution in [-0.4, -0.2) is 56.0 Å². The van der Waals surface area contributed by atoms with Crippen LogP contribution in [0.25, 0.3) is 6.08 Å². The highest BCUT2D eigenvalue weighted by Gasteiger charge is 2.29. The first kappa shape index (κ1) is 32.9. The lowest BCUT2D eigenvalue weighted by Crippen LogP contribution is -2.47. The van der Waals surface area contributed by atoms with Crippen molar-refractivity contribution < 1.29 is 9.59 Å². The van der Waals surface area contributed by atoms with E-state index in [1.165, 1.54) is 34.1 Å². The molecule has 6 nitrogen and oxygen atoms in total. The third-order valence-corrected chi connectivity index (χ3v) is 10.3. The smallest absolute Gasteiger partial charge is 0.265 e. The lowest BCUT2D eigenvalue weighted by atomic mass is 10.0. The van der Waals surface area contributed by atoms with E-state index in [0.717, 1.165) is 65.9 Å². The Kier molecular flexibility index (Phi) is 10.4. The van der Waals surface area contributed by atoms with E-state index in [1.807, 2.05) is 59.5 Å². The number of benzene rings is 4. The number of nitrogens with one attached hydrogen (secondary N) is 1. The van der Waals surface area contributed by atoms with Crippen LogP contribution in [0.3, 0.4) is 0 Å². The number of thioether (sulfide) groups is 1. The summed E-state index contributed by atoms with van der Waals surface area (Å²) in [6, 6.07) is 28.0. The minimum absolute atomic E-state index is 0.0163. The number of piperazine rings is 1. The molecule has 0 unspecified atom stereocenters. The predicted molar refractivity (Wildman–Crippen MR) is 196 cm³/mol. The van der Waals surface area contributed by atoms with Gasteiger partial charge in [0, 0.05) is 53.9 Å². The summed E-state index contributed by atoms with van der Waals surface area (Å²) in [5.41, 5.74) is 8.38. The molecule has 0 radical (unpaired) electrons. The van der Waals surface area contributed by atoms with Gasteiger partial charge in [0.15, 0.2) is 0 Å². The van der Waals surface area contributed by atoms with Gasteiger partial charge in [-0.15, -0.1) is 0 Å². The molecule has 1 N–H and O–H groups in total. The summed E-state index contributed by atoms with van der Waals surface area (Å²) in [5, 5.41) is 3.85. The van der Waals surface area contributed by atoms with E-state index in [4.69, 9.17) is 11.6 Å². The highest BCUT2D eigenvalue weighted by Crippen LogP contribution is 2.42. The molecule has 0 bridgehead atoms. The summed E-state index contributed by atoms with van der Waals surface area (Å²) in [4.78, 5) is 35.1. The van der Waals surface area contributed by atoms with Gasteiger partial charge in [0.2, 0.25) is 0 Å². The fraction of sp³-hybridized carbons (Fsp3) is 0.282. The van der Waals surface area contributed by atoms with Crippen molar-refractivity contribution in [1.29, 1.82) is 0 Å². The number of hydrogen-bond donors (Lipinski definition) is 1. The number of carbonyl (C=O) groups is 2. The zero-order chi connectivity index (χ0) is 32.9. The molecule has 242 valence electrons. The summed E-state index contributed by atoms with van der Waals surface area (Å²) < 4.78 is 0. The third kappa shape index (κ3) is 7.92. The van der Waals surface area contributed by atoms with Gasteiger partial charge in [0.25, 0.3) is 11.8 Å². The highest BCUT2D eigenvalue weighted by atomic mass is 35.5. The average Bonchev–Trinajstić information content (AvgIpc) is 3.08. The molecule has 4 aromatic rings. The summed E-state index contributed by atoms with van der Waals surface area (Å²) in [7, 11) is 0. The van der Waals surface area contributed by atoms with Crippen LogP contribution in [0.1, 0.15) is 44.6 Å². The van der Waals surface area contributed by atoms with E-state index in [-0.39, 0.29) is 11.8 Å². The van der Waals surface area contributed by atoms with E-state index in [9.17, 15) is 9.59 Å². The molecule has 8 heteroatoms. The van der Waals surface area contributed by atoms with E-state index in [0.29, 0.717) is 23.6 Å². The van der Waals surface area contributed by atoms with Crippen LogP contribution in [0.4, 0.5) is 11.4 Å². The molecule has 1 fully saturated rings. The number of amides is 2. The number of fused-ring (bicyclic) bond motifs is 1. The normalized spacial score (nSPS) is 16.0. The number of rotatable bonds is 9. The zero-order valence-corrected chi connectivity index (χ0v) is 28.8. The first-order valence-corrected chi connectivity index (χ1v) is 17.4. The maximum absolute atomic E-state index is 13.8. The van der Waals surface area contributed by atoms with Crippen LogP contribution in [0.2, 0.25) is 5.02 Å². The monoisotopic (exact) mass is 664 g/mol. The molecular weight excluding hydrogens is 624 g/mol. The number of carbonyl (C=O) groups excluding carboxylic acids is 2. The molecule has 0 atom stereocenters. The summed E-state index contributed by atoms with van der Waals surface area (Å²) in [6.07, 6.45) is 2.82. The third-order valence-electron chi connectivity index (χ3n) is 8.96. The number of aryl methyl sites for hydroxylation is 3. The average molecular weight is 665 g/mol. The van der Waals surface area contributed by atoms with Gasteiger partial charge in [-0.05, 0) is 98.5 Å². The van der Waals surface area contributed by atoms with Crippen molar-refractivity contribution in [3.8, 4) is 0 Å². The molecule has 47 heavy (non-hydrogen) atoms. The van der Waals surface area contributed by atoms with Crippen LogP contribution in [0.15, 0.2) is 94.7 Å². The number of hydrogen-bond acceptors (Lipinski definition) is 5.